The van der Waals surface area contributed by atoms with Crippen LogP contribution in [0, 0.1) is 0 Å². The van der Waals surface area contributed by atoms with Crippen LogP contribution in [0.4, 0.5) is 0 Å². The van der Waals surface area contributed by atoms with Crippen molar-refractivity contribution < 1.29 is 4.79 Å². The van der Waals surface area contributed by atoms with Crippen LogP contribution < -0.4 is 5.32 Å². The molecule has 1 saturated heterocycles. The summed E-state index contributed by atoms with van der Waals surface area (Å²) in [4.78, 5) is 13.1. The molecule has 82 valence electrons. The lowest BCUT2D eigenvalue weighted by Crippen LogP contribution is -2.25. The maximum Gasteiger partial charge on any atom is 0.276 e. The van der Waals surface area contributed by atoms with Crippen LogP contribution in [0.15, 0.2) is 30.0 Å². The number of carbonyl (C=O) groups excluding carboxylic acids is 1. The summed E-state index contributed by atoms with van der Waals surface area (Å²) in [5.41, 5.74) is 1.23. The number of hydrogen-bond acceptors (Lipinski definition) is 2. The summed E-state index contributed by atoms with van der Waals surface area (Å²) in [6.07, 6.45) is 1.69. The molecule has 1 fully saturated rings. The SMILES string of the molecule is CN1C(=O)/C(=C/c2ccccc2Cl)NC1=S. The molecule has 5 heteroatoms. The van der Waals surface area contributed by atoms with Crippen molar-refractivity contribution in [2.75, 3.05) is 7.05 Å². The Morgan fingerprint density at radius 2 is 2.12 bits per heavy atom. The van der Waals surface area contributed by atoms with Crippen LogP contribution >= 0.6 is 23.8 Å². The van der Waals surface area contributed by atoms with Crippen molar-refractivity contribution in [2.45, 2.75) is 0 Å². The normalized spacial score (nSPS) is 18.1. The van der Waals surface area contributed by atoms with E-state index in [0.717, 1.165) is 5.56 Å². The minimum atomic E-state index is -0.148. The first-order valence-electron chi connectivity index (χ1n) is 4.65. The zero-order valence-electron chi connectivity index (χ0n) is 8.53. The van der Waals surface area contributed by atoms with Gasteiger partial charge >= 0.3 is 0 Å². The fraction of sp³-hybridized carbons (Fsp3) is 0.0909. The van der Waals surface area contributed by atoms with Gasteiger partial charge in [-0.05, 0) is 29.9 Å². The van der Waals surface area contributed by atoms with Crippen molar-refractivity contribution >= 4 is 40.9 Å². The van der Waals surface area contributed by atoms with Gasteiger partial charge in [-0.2, -0.15) is 0 Å². The van der Waals surface area contributed by atoms with Gasteiger partial charge in [-0.3, -0.25) is 9.69 Å². The Balaban J connectivity index is 2.37. The predicted molar refractivity (Wildman–Crippen MR) is 67.9 cm³/mol. The van der Waals surface area contributed by atoms with E-state index in [1.165, 1.54) is 4.90 Å². The van der Waals surface area contributed by atoms with Crippen molar-refractivity contribution in [1.82, 2.24) is 10.2 Å². The van der Waals surface area contributed by atoms with Crippen molar-refractivity contribution in [3.63, 3.8) is 0 Å². The number of nitrogens with one attached hydrogen (secondary N) is 1. The second-order valence-corrected chi connectivity index (χ2v) is 4.17. The highest BCUT2D eigenvalue weighted by molar-refractivity contribution is 7.80. The minimum absolute atomic E-state index is 0.148. The number of nitrogens with zero attached hydrogens (tertiary/aromatic N) is 1. The molecule has 1 heterocycles. The first kappa shape index (κ1) is 11.1. The molecule has 0 unspecified atom stereocenters. The van der Waals surface area contributed by atoms with Gasteiger partial charge in [0.25, 0.3) is 5.91 Å². The summed E-state index contributed by atoms with van der Waals surface area (Å²) in [5.74, 6) is -0.148. The van der Waals surface area contributed by atoms with E-state index >= 15 is 0 Å². The topological polar surface area (TPSA) is 32.3 Å². The van der Waals surface area contributed by atoms with Gasteiger partial charge in [-0.1, -0.05) is 29.8 Å². The largest absolute Gasteiger partial charge is 0.328 e. The smallest absolute Gasteiger partial charge is 0.276 e. The average molecular weight is 253 g/mol. The van der Waals surface area contributed by atoms with E-state index in [1.54, 1.807) is 19.2 Å². The molecule has 0 aromatic heterocycles. The summed E-state index contributed by atoms with van der Waals surface area (Å²) >= 11 is 11.0. The van der Waals surface area contributed by atoms with Gasteiger partial charge in [0.1, 0.15) is 5.70 Å². The molecule has 0 atom stereocenters. The molecule has 2 rings (SSSR count). The quantitative estimate of drug-likeness (QED) is 0.613. The number of carbonyl (C=O) groups is 1. The van der Waals surface area contributed by atoms with Crippen LogP contribution in [0.3, 0.4) is 0 Å². The molecule has 16 heavy (non-hydrogen) atoms. The van der Waals surface area contributed by atoms with Crippen molar-refractivity contribution in [2.24, 2.45) is 0 Å². The fourth-order valence-corrected chi connectivity index (χ4v) is 1.75. The lowest BCUT2D eigenvalue weighted by Gasteiger charge is -2.02. The van der Waals surface area contributed by atoms with Crippen LogP contribution in [0.25, 0.3) is 6.08 Å². The number of benzene rings is 1. The average Bonchev–Trinajstić information content (AvgIpc) is 2.50. The second kappa shape index (κ2) is 4.23. The highest BCUT2D eigenvalue weighted by atomic mass is 35.5. The van der Waals surface area contributed by atoms with Crippen LogP contribution in [-0.4, -0.2) is 23.0 Å². The lowest BCUT2D eigenvalue weighted by molar-refractivity contribution is -0.121. The number of rotatable bonds is 1. The van der Waals surface area contributed by atoms with Crippen molar-refractivity contribution in [3.05, 3.63) is 40.5 Å². The molecule has 1 aliphatic rings. The number of likely N-dealkylation sites (N-methyl/N-ethyl adjacent to an activating group) is 1. The van der Waals surface area contributed by atoms with E-state index in [1.807, 2.05) is 18.2 Å². The number of thiocarbonyl (C=S) groups is 1. The molecule has 1 aliphatic heterocycles. The standard InChI is InChI=1S/C11H9ClN2OS/c1-14-10(15)9(13-11(14)16)6-7-4-2-3-5-8(7)12/h2-6H,1H3,(H,13,16)/b9-6-. The Morgan fingerprint density at radius 3 is 2.69 bits per heavy atom. The van der Waals surface area contributed by atoms with Crippen LogP contribution in [0.5, 0.6) is 0 Å². The molecule has 0 saturated carbocycles. The van der Waals surface area contributed by atoms with Gasteiger partial charge in [-0.15, -0.1) is 0 Å². The second-order valence-electron chi connectivity index (χ2n) is 3.37. The minimum Gasteiger partial charge on any atom is -0.328 e. The molecule has 0 bridgehead atoms. The highest BCUT2D eigenvalue weighted by Gasteiger charge is 2.26. The molecule has 1 aromatic carbocycles. The van der Waals surface area contributed by atoms with Gasteiger partial charge in [0.15, 0.2) is 5.11 Å². The maximum atomic E-state index is 11.7. The highest BCUT2D eigenvalue weighted by Crippen LogP contribution is 2.19. The maximum absolute atomic E-state index is 11.7. The molecule has 0 radical (unpaired) electrons. The third-order valence-electron chi connectivity index (χ3n) is 2.29. The Kier molecular flexibility index (Phi) is 2.94. The molecular formula is C11H9ClN2OS. The molecule has 1 aromatic rings. The first-order chi connectivity index (χ1) is 7.59. The zero-order chi connectivity index (χ0) is 11.7. The summed E-state index contributed by atoms with van der Waals surface area (Å²) in [6, 6.07) is 7.31. The van der Waals surface area contributed by atoms with Crippen LogP contribution in [0.2, 0.25) is 5.02 Å². The summed E-state index contributed by atoms with van der Waals surface area (Å²) in [6.45, 7) is 0. The van der Waals surface area contributed by atoms with E-state index in [9.17, 15) is 4.79 Å². The number of halogens is 1. The van der Waals surface area contributed by atoms with Gasteiger partial charge in [0.2, 0.25) is 0 Å². The summed E-state index contributed by atoms with van der Waals surface area (Å²) < 4.78 is 0. The Bertz CT molecular complexity index is 499. The van der Waals surface area contributed by atoms with Crippen molar-refractivity contribution in [3.8, 4) is 0 Å². The molecule has 3 nitrogen and oxygen atoms in total. The van der Waals surface area contributed by atoms with E-state index in [0.29, 0.717) is 15.8 Å². The zero-order valence-corrected chi connectivity index (χ0v) is 10.1. The van der Waals surface area contributed by atoms with E-state index in [2.05, 4.69) is 5.32 Å². The molecule has 0 spiro atoms. The number of amides is 1. The fourth-order valence-electron chi connectivity index (χ4n) is 1.37. The Labute approximate surface area is 104 Å². The van der Waals surface area contributed by atoms with E-state index < -0.39 is 0 Å². The van der Waals surface area contributed by atoms with E-state index in [4.69, 9.17) is 23.8 Å². The third-order valence-corrected chi connectivity index (χ3v) is 3.01. The lowest BCUT2D eigenvalue weighted by atomic mass is 10.2. The molecule has 1 amide bonds. The monoisotopic (exact) mass is 252 g/mol. The van der Waals surface area contributed by atoms with Gasteiger partial charge in [-0.25, -0.2) is 0 Å². The number of hydrogen-bond donors (Lipinski definition) is 1. The van der Waals surface area contributed by atoms with Crippen LogP contribution in [0.1, 0.15) is 5.56 Å². The van der Waals surface area contributed by atoms with Gasteiger partial charge in [0, 0.05) is 12.1 Å². The Hall–Kier alpha value is -1.39. The third kappa shape index (κ3) is 1.94. The molecular weight excluding hydrogens is 244 g/mol. The first-order valence-corrected chi connectivity index (χ1v) is 5.43. The van der Waals surface area contributed by atoms with E-state index in [-0.39, 0.29) is 5.91 Å². The van der Waals surface area contributed by atoms with Crippen molar-refractivity contribution in [1.29, 1.82) is 0 Å². The Morgan fingerprint density at radius 1 is 1.44 bits per heavy atom. The van der Waals surface area contributed by atoms with Gasteiger partial charge < -0.3 is 5.32 Å². The molecule has 1 N–H and O–H groups in total. The summed E-state index contributed by atoms with van der Waals surface area (Å²) in [5, 5.41) is 3.85. The van der Waals surface area contributed by atoms with Gasteiger partial charge in [0.05, 0.1) is 0 Å². The molecule has 0 aliphatic carbocycles. The summed E-state index contributed by atoms with van der Waals surface area (Å²) in [7, 11) is 1.63. The van der Waals surface area contributed by atoms with Crippen LogP contribution in [-0.2, 0) is 4.79 Å². The predicted octanol–water partition coefficient (Wildman–Crippen LogP) is 2.03.